The van der Waals surface area contributed by atoms with Crippen LogP contribution in [-0.2, 0) is 14.3 Å². The molecule has 2 unspecified atom stereocenters. The Bertz CT molecular complexity index is 1080. The van der Waals surface area contributed by atoms with Gasteiger partial charge in [-0.25, -0.2) is 4.79 Å². The van der Waals surface area contributed by atoms with Gasteiger partial charge in [0.15, 0.2) is 0 Å². The summed E-state index contributed by atoms with van der Waals surface area (Å²) >= 11 is 1.57. The van der Waals surface area contributed by atoms with E-state index in [0.717, 1.165) is 5.56 Å². The molecule has 0 aliphatic rings. The molecule has 8 nitrogen and oxygen atoms in total. The highest BCUT2D eigenvalue weighted by atomic mass is 32.2. The largest absolute Gasteiger partial charge is 0.497 e. The van der Waals surface area contributed by atoms with Crippen molar-refractivity contribution in [3.05, 3.63) is 59.7 Å². The van der Waals surface area contributed by atoms with E-state index in [1.807, 2.05) is 51.3 Å². The first-order chi connectivity index (χ1) is 17.9. The van der Waals surface area contributed by atoms with Gasteiger partial charge in [0.2, 0.25) is 5.91 Å². The van der Waals surface area contributed by atoms with Crippen molar-refractivity contribution in [1.82, 2.24) is 10.2 Å². The van der Waals surface area contributed by atoms with Crippen LogP contribution in [0.4, 0.5) is 10.5 Å². The Morgan fingerprint density at radius 1 is 1.05 bits per heavy atom. The number of carbonyl (C=O) groups is 3. The highest BCUT2D eigenvalue weighted by Gasteiger charge is 2.37. The molecular formula is C29H41N3O5S. The van der Waals surface area contributed by atoms with Gasteiger partial charge in [0, 0.05) is 11.7 Å². The van der Waals surface area contributed by atoms with Crippen molar-refractivity contribution < 1.29 is 23.9 Å². The summed E-state index contributed by atoms with van der Waals surface area (Å²) in [5.41, 5.74) is 1.51. The normalized spacial score (nSPS) is 12.9. The Morgan fingerprint density at radius 3 is 2.24 bits per heavy atom. The topological polar surface area (TPSA) is 97.0 Å². The highest BCUT2D eigenvalue weighted by molar-refractivity contribution is 7.98. The van der Waals surface area contributed by atoms with Gasteiger partial charge in [-0.3, -0.25) is 9.59 Å². The monoisotopic (exact) mass is 543 g/mol. The first-order valence-corrected chi connectivity index (χ1v) is 14.1. The minimum atomic E-state index is -0.929. The Morgan fingerprint density at radius 2 is 1.71 bits per heavy atom. The summed E-state index contributed by atoms with van der Waals surface area (Å²) in [6.07, 6.45) is 1.66. The van der Waals surface area contributed by atoms with Crippen molar-refractivity contribution in [2.24, 2.45) is 0 Å². The fraction of sp³-hybridized carbons (Fsp3) is 0.483. The molecule has 0 aliphatic carbocycles. The summed E-state index contributed by atoms with van der Waals surface area (Å²) in [6.45, 7) is 11.0. The SMILES string of the molecule is COc1ccc(NC(=O)C(c2cccc(C)c2)N(C(=O)C(CCSC)NC(=O)OC(C)(C)C)C(C)C)cc1. The first kappa shape index (κ1) is 31.0. The van der Waals surface area contributed by atoms with Crippen LogP contribution in [0.1, 0.15) is 58.2 Å². The van der Waals surface area contributed by atoms with E-state index in [2.05, 4.69) is 10.6 Å². The lowest BCUT2D eigenvalue weighted by molar-refractivity contribution is -0.143. The fourth-order valence-electron chi connectivity index (χ4n) is 3.97. The minimum absolute atomic E-state index is 0.341. The molecule has 3 amide bonds. The Labute approximate surface area is 230 Å². The predicted molar refractivity (Wildman–Crippen MR) is 154 cm³/mol. The zero-order valence-corrected chi connectivity index (χ0v) is 24.5. The molecule has 0 spiro atoms. The van der Waals surface area contributed by atoms with Gasteiger partial charge in [-0.15, -0.1) is 0 Å². The van der Waals surface area contributed by atoms with Gasteiger partial charge >= 0.3 is 6.09 Å². The number of hydrogen-bond acceptors (Lipinski definition) is 6. The number of nitrogens with zero attached hydrogens (tertiary/aromatic N) is 1. The molecule has 2 aromatic carbocycles. The second kappa shape index (κ2) is 14.1. The molecule has 208 valence electrons. The molecule has 0 fully saturated rings. The van der Waals surface area contributed by atoms with Crippen LogP contribution in [0, 0.1) is 6.92 Å². The molecule has 0 aromatic heterocycles. The molecule has 0 aliphatic heterocycles. The number of thioether (sulfide) groups is 1. The number of aryl methyl sites for hydroxylation is 1. The first-order valence-electron chi connectivity index (χ1n) is 12.7. The van der Waals surface area contributed by atoms with Crippen LogP contribution < -0.4 is 15.4 Å². The third-order valence-electron chi connectivity index (χ3n) is 5.65. The van der Waals surface area contributed by atoms with E-state index >= 15 is 0 Å². The molecule has 0 bridgehead atoms. The fourth-order valence-corrected chi connectivity index (χ4v) is 4.44. The van der Waals surface area contributed by atoms with E-state index in [0.29, 0.717) is 29.2 Å². The van der Waals surface area contributed by atoms with Crippen LogP contribution in [0.25, 0.3) is 0 Å². The van der Waals surface area contributed by atoms with E-state index in [-0.39, 0.29) is 17.9 Å². The Kier molecular flexibility index (Phi) is 11.5. The number of methoxy groups -OCH3 is 1. The van der Waals surface area contributed by atoms with E-state index in [1.54, 1.807) is 68.8 Å². The van der Waals surface area contributed by atoms with E-state index < -0.39 is 23.8 Å². The number of nitrogens with one attached hydrogen (secondary N) is 2. The van der Waals surface area contributed by atoms with E-state index in [9.17, 15) is 14.4 Å². The van der Waals surface area contributed by atoms with Crippen molar-refractivity contribution in [3.8, 4) is 5.75 Å². The van der Waals surface area contributed by atoms with Crippen LogP contribution in [0.2, 0.25) is 0 Å². The number of alkyl carbamates (subject to hydrolysis) is 1. The van der Waals surface area contributed by atoms with Gasteiger partial charge in [0.1, 0.15) is 23.4 Å². The number of ether oxygens (including phenoxy) is 2. The quantitative estimate of drug-likeness (QED) is 0.385. The van der Waals surface area contributed by atoms with Gasteiger partial charge in [0.05, 0.1) is 7.11 Å². The number of anilines is 1. The van der Waals surface area contributed by atoms with E-state index in [4.69, 9.17) is 9.47 Å². The van der Waals surface area contributed by atoms with Crippen molar-refractivity contribution in [1.29, 1.82) is 0 Å². The average Bonchev–Trinajstić information content (AvgIpc) is 2.83. The number of rotatable bonds is 11. The van der Waals surface area contributed by atoms with Gasteiger partial charge in [-0.2, -0.15) is 11.8 Å². The lowest BCUT2D eigenvalue weighted by Crippen LogP contribution is -2.54. The molecule has 0 heterocycles. The van der Waals surface area contributed by atoms with Crippen LogP contribution in [0.5, 0.6) is 5.75 Å². The molecule has 2 atom stereocenters. The summed E-state index contributed by atoms with van der Waals surface area (Å²) < 4.78 is 10.6. The summed E-state index contributed by atoms with van der Waals surface area (Å²) in [5, 5.41) is 5.70. The molecule has 2 N–H and O–H groups in total. The number of benzene rings is 2. The smallest absolute Gasteiger partial charge is 0.408 e. The standard InChI is InChI=1S/C29H41N3O5S/c1-19(2)32(27(34)24(16-17-38-8)31-28(35)37-29(4,5)6)25(21-11-9-10-20(3)18-21)26(33)30-22-12-14-23(36-7)15-13-22/h9-15,18-19,24-25H,16-17H2,1-8H3,(H,30,33)(H,31,35). The zero-order chi connectivity index (χ0) is 28.5. The lowest BCUT2D eigenvalue weighted by Gasteiger charge is -2.37. The van der Waals surface area contributed by atoms with Crippen LogP contribution in [-0.4, -0.2) is 59.6 Å². The second-order valence-corrected chi connectivity index (χ2v) is 11.3. The van der Waals surface area contributed by atoms with Gasteiger partial charge in [-0.1, -0.05) is 29.8 Å². The summed E-state index contributed by atoms with van der Waals surface area (Å²) in [7, 11) is 1.58. The predicted octanol–water partition coefficient (Wildman–Crippen LogP) is 5.57. The van der Waals surface area contributed by atoms with Crippen molar-refractivity contribution in [2.45, 2.75) is 71.7 Å². The molecule has 0 saturated heterocycles. The Hall–Kier alpha value is -3.20. The summed E-state index contributed by atoms with van der Waals surface area (Å²) in [5.74, 6) is 0.604. The zero-order valence-electron chi connectivity index (χ0n) is 23.7. The minimum Gasteiger partial charge on any atom is -0.497 e. The number of carbonyl (C=O) groups excluding carboxylic acids is 3. The molecule has 0 saturated carbocycles. The third kappa shape index (κ3) is 9.28. The summed E-state index contributed by atoms with van der Waals surface area (Å²) in [4.78, 5) is 42.1. The Balaban J connectivity index is 2.48. The van der Waals surface area contributed by atoms with E-state index in [1.165, 1.54) is 0 Å². The molecular weight excluding hydrogens is 502 g/mol. The average molecular weight is 544 g/mol. The van der Waals surface area contributed by atoms with Crippen molar-refractivity contribution in [3.63, 3.8) is 0 Å². The highest BCUT2D eigenvalue weighted by Crippen LogP contribution is 2.28. The molecule has 38 heavy (non-hydrogen) atoms. The lowest BCUT2D eigenvalue weighted by atomic mass is 9.99. The van der Waals surface area contributed by atoms with Gasteiger partial charge < -0.3 is 25.0 Å². The maximum absolute atomic E-state index is 14.1. The maximum atomic E-state index is 14.1. The molecule has 0 radical (unpaired) electrons. The molecule has 9 heteroatoms. The number of amides is 3. The summed E-state index contributed by atoms with van der Waals surface area (Å²) in [6, 6.07) is 12.4. The maximum Gasteiger partial charge on any atom is 0.408 e. The molecule has 2 aromatic rings. The van der Waals surface area contributed by atoms with Crippen LogP contribution in [0.3, 0.4) is 0 Å². The number of hydrogen-bond donors (Lipinski definition) is 2. The van der Waals surface area contributed by atoms with Crippen LogP contribution >= 0.6 is 11.8 Å². The van der Waals surface area contributed by atoms with Crippen molar-refractivity contribution >= 4 is 35.4 Å². The van der Waals surface area contributed by atoms with Crippen molar-refractivity contribution in [2.75, 3.05) is 24.4 Å². The van der Waals surface area contributed by atoms with Gasteiger partial charge in [-0.05, 0) is 89.8 Å². The van der Waals surface area contributed by atoms with Gasteiger partial charge in [0.25, 0.3) is 5.91 Å². The van der Waals surface area contributed by atoms with Crippen LogP contribution in [0.15, 0.2) is 48.5 Å². The molecule has 2 rings (SSSR count). The third-order valence-corrected chi connectivity index (χ3v) is 6.30. The second-order valence-electron chi connectivity index (χ2n) is 10.4.